The van der Waals surface area contributed by atoms with Gasteiger partial charge in [-0.05, 0) is 34.5 Å². The van der Waals surface area contributed by atoms with Crippen molar-refractivity contribution in [3.05, 3.63) is 72.3 Å². The van der Waals surface area contributed by atoms with E-state index >= 15 is 0 Å². The molecule has 3 heteroatoms. The second-order valence-corrected chi connectivity index (χ2v) is 4.99. The quantitative estimate of drug-likeness (QED) is 0.718. The van der Waals surface area contributed by atoms with Gasteiger partial charge in [-0.25, -0.2) is 0 Å². The molecule has 1 amide bonds. The Hall–Kier alpha value is -2.81. The summed E-state index contributed by atoms with van der Waals surface area (Å²) >= 11 is 0. The highest BCUT2D eigenvalue weighted by Gasteiger charge is 2.06. The minimum absolute atomic E-state index is 0.0665. The van der Waals surface area contributed by atoms with E-state index in [2.05, 4.69) is 5.32 Å². The molecule has 0 fully saturated rings. The van der Waals surface area contributed by atoms with Crippen molar-refractivity contribution in [3.8, 4) is 0 Å². The van der Waals surface area contributed by atoms with E-state index in [-0.39, 0.29) is 12.3 Å². The van der Waals surface area contributed by atoms with E-state index in [9.17, 15) is 4.79 Å². The number of carbonyl (C=O) groups excluding carboxylic acids is 1. The number of benzene rings is 3. The number of carbonyl (C=O) groups is 1. The molecule has 3 rings (SSSR count). The third-order valence-corrected chi connectivity index (χ3v) is 3.44. The predicted octanol–water partition coefficient (Wildman–Crippen LogP) is 3.60. The van der Waals surface area contributed by atoms with E-state index in [1.165, 1.54) is 0 Å². The topological polar surface area (TPSA) is 55.1 Å². The first-order chi connectivity index (χ1) is 10.2. The van der Waals surface area contributed by atoms with Crippen LogP contribution in [0.2, 0.25) is 0 Å². The number of nitrogen functional groups attached to an aromatic ring is 1. The first-order valence-corrected chi connectivity index (χ1v) is 6.84. The Morgan fingerprint density at radius 1 is 0.905 bits per heavy atom. The molecule has 0 aliphatic heterocycles. The van der Waals surface area contributed by atoms with Gasteiger partial charge in [-0.2, -0.15) is 0 Å². The highest BCUT2D eigenvalue weighted by Crippen LogP contribution is 2.19. The highest BCUT2D eigenvalue weighted by molar-refractivity contribution is 5.95. The first-order valence-electron chi connectivity index (χ1n) is 6.84. The van der Waals surface area contributed by atoms with Gasteiger partial charge in [0.1, 0.15) is 0 Å². The molecule has 0 saturated heterocycles. The molecule has 0 aliphatic rings. The van der Waals surface area contributed by atoms with Gasteiger partial charge in [0.15, 0.2) is 0 Å². The standard InChI is InChI=1S/C18H16N2O/c19-17-8-4-3-7-15(17)12-18(21)20-16-10-9-13-5-1-2-6-14(13)11-16/h1-11H,12,19H2,(H,20,21). The molecule has 3 aromatic carbocycles. The Morgan fingerprint density at radius 3 is 2.43 bits per heavy atom. The number of anilines is 2. The third kappa shape index (κ3) is 3.03. The fraction of sp³-hybridized carbons (Fsp3) is 0.0556. The number of nitrogens with two attached hydrogens (primary N) is 1. The van der Waals surface area contributed by atoms with E-state index in [0.717, 1.165) is 22.0 Å². The van der Waals surface area contributed by atoms with Crippen molar-refractivity contribution in [1.82, 2.24) is 0 Å². The van der Waals surface area contributed by atoms with Gasteiger partial charge < -0.3 is 11.1 Å². The van der Waals surface area contributed by atoms with Gasteiger partial charge >= 0.3 is 0 Å². The molecule has 0 atom stereocenters. The smallest absolute Gasteiger partial charge is 0.228 e. The monoisotopic (exact) mass is 276 g/mol. The van der Waals surface area contributed by atoms with Gasteiger partial charge in [0, 0.05) is 11.4 Å². The second-order valence-electron chi connectivity index (χ2n) is 4.99. The van der Waals surface area contributed by atoms with Crippen LogP contribution in [0.25, 0.3) is 10.8 Å². The Kier molecular flexibility index (Phi) is 3.56. The lowest BCUT2D eigenvalue weighted by molar-refractivity contribution is -0.115. The lowest BCUT2D eigenvalue weighted by Crippen LogP contribution is -2.15. The molecule has 3 nitrogen and oxygen atoms in total. The van der Waals surface area contributed by atoms with Crippen LogP contribution in [-0.2, 0) is 11.2 Å². The van der Waals surface area contributed by atoms with E-state index in [4.69, 9.17) is 5.73 Å². The summed E-state index contributed by atoms with van der Waals surface area (Å²) in [6, 6.07) is 21.4. The molecule has 0 aromatic heterocycles. The summed E-state index contributed by atoms with van der Waals surface area (Å²) in [5.41, 5.74) is 8.14. The molecule has 3 aromatic rings. The molecule has 3 N–H and O–H groups in total. The summed E-state index contributed by atoms with van der Waals surface area (Å²) in [4.78, 5) is 12.1. The fourth-order valence-electron chi connectivity index (χ4n) is 2.34. The zero-order valence-electron chi connectivity index (χ0n) is 11.5. The van der Waals surface area contributed by atoms with Crippen molar-refractivity contribution >= 4 is 28.1 Å². The van der Waals surface area contributed by atoms with Crippen molar-refractivity contribution in [2.75, 3.05) is 11.1 Å². The van der Waals surface area contributed by atoms with Crippen molar-refractivity contribution in [2.24, 2.45) is 0 Å². The maximum atomic E-state index is 12.1. The SMILES string of the molecule is Nc1ccccc1CC(=O)Nc1ccc2ccccc2c1. The van der Waals surface area contributed by atoms with Crippen molar-refractivity contribution in [2.45, 2.75) is 6.42 Å². The average Bonchev–Trinajstić information content (AvgIpc) is 2.49. The average molecular weight is 276 g/mol. The van der Waals surface area contributed by atoms with Gasteiger partial charge in [-0.3, -0.25) is 4.79 Å². The van der Waals surface area contributed by atoms with Gasteiger partial charge in [0.2, 0.25) is 5.91 Å². The Labute approximate surface area is 123 Å². The molecule has 0 bridgehead atoms. The van der Waals surface area contributed by atoms with E-state index in [0.29, 0.717) is 5.69 Å². The number of amides is 1. The summed E-state index contributed by atoms with van der Waals surface area (Å²) in [7, 11) is 0. The maximum Gasteiger partial charge on any atom is 0.228 e. The first kappa shape index (κ1) is 13.2. The van der Waals surface area contributed by atoms with E-state index in [1.54, 1.807) is 6.07 Å². The van der Waals surface area contributed by atoms with Crippen LogP contribution in [0.15, 0.2) is 66.7 Å². The highest BCUT2D eigenvalue weighted by atomic mass is 16.1. The fourth-order valence-corrected chi connectivity index (χ4v) is 2.34. The summed E-state index contributed by atoms with van der Waals surface area (Å²) in [5.74, 6) is -0.0665. The lowest BCUT2D eigenvalue weighted by Gasteiger charge is -2.08. The minimum atomic E-state index is -0.0665. The summed E-state index contributed by atoms with van der Waals surface area (Å²) in [5, 5.41) is 5.18. The van der Waals surface area contributed by atoms with Crippen LogP contribution in [0.3, 0.4) is 0 Å². The molecule has 0 saturated carbocycles. The molecule has 104 valence electrons. The van der Waals surface area contributed by atoms with Crippen LogP contribution in [0.4, 0.5) is 11.4 Å². The van der Waals surface area contributed by atoms with Gasteiger partial charge in [-0.1, -0.05) is 48.5 Å². The molecular weight excluding hydrogens is 260 g/mol. The van der Waals surface area contributed by atoms with Crippen LogP contribution in [-0.4, -0.2) is 5.91 Å². The van der Waals surface area contributed by atoms with Crippen LogP contribution in [0.1, 0.15) is 5.56 Å². The predicted molar refractivity (Wildman–Crippen MR) is 87.1 cm³/mol. The number of nitrogens with one attached hydrogen (secondary N) is 1. The molecule has 0 spiro atoms. The molecule has 0 aliphatic carbocycles. The van der Waals surface area contributed by atoms with Crippen molar-refractivity contribution in [3.63, 3.8) is 0 Å². The normalized spacial score (nSPS) is 10.5. The van der Waals surface area contributed by atoms with E-state index < -0.39 is 0 Å². The number of hydrogen-bond acceptors (Lipinski definition) is 2. The van der Waals surface area contributed by atoms with Crippen LogP contribution < -0.4 is 11.1 Å². The Bertz CT molecular complexity index is 796. The zero-order valence-corrected chi connectivity index (χ0v) is 11.5. The number of hydrogen-bond donors (Lipinski definition) is 2. The Balaban J connectivity index is 1.75. The summed E-state index contributed by atoms with van der Waals surface area (Å²) < 4.78 is 0. The summed E-state index contributed by atoms with van der Waals surface area (Å²) in [6.07, 6.45) is 0.277. The van der Waals surface area contributed by atoms with E-state index in [1.807, 2.05) is 60.7 Å². The van der Waals surface area contributed by atoms with Crippen LogP contribution in [0, 0.1) is 0 Å². The molecular formula is C18H16N2O. The molecule has 21 heavy (non-hydrogen) atoms. The van der Waals surface area contributed by atoms with Crippen LogP contribution in [0.5, 0.6) is 0 Å². The number of fused-ring (bicyclic) bond motifs is 1. The minimum Gasteiger partial charge on any atom is -0.398 e. The molecule has 0 radical (unpaired) electrons. The second kappa shape index (κ2) is 5.67. The van der Waals surface area contributed by atoms with Crippen LogP contribution >= 0.6 is 0 Å². The zero-order chi connectivity index (χ0) is 14.7. The molecule has 0 heterocycles. The Morgan fingerprint density at radius 2 is 1.62 bits per heavy atom. The maximum absolute atomic E-state index is 12.1. The number of para-hydroxylation sites is 1. The van der Waals surface area contributed by atoms with Gasteiger partial charge in [-0.15, -0.1) is 0 Å². The number of rotatable bonds is 3. The van der Waals surface area contributed by atoms with Crippen molar-refractivity contribution < 1.29 is 4.79 Å². The van der Waals surface area contributed by atoms with Gasteiger partial charge in [0.05, 0.1) is 6.42 Å². The lowest BCUT2D eigenvalue weighted by atomic mass is 10.1. The largest absolute Gasteiger partial charge is 0.398 e. The van der Waals surface area contributed by atoms with Crippen molar-refractivity contribution in [1.29, 1.82) is 0 Å². The summed E-state index contributed by atoms with van der Waals surface area (Å²) in [6.45, 7) is 0. The van der Waals surface area contributed by atoms with Gasteiger partial charge in [0.25, 0.3) is 0 Å². The third-order valence-electron chi connectivity index (χ3n) is 3.44. The molecule has 0 unspecified atom stereocenters.